The first kappa shape index (κ1) is 7.89. The lowest BCUT2D eigenvalue weighted by molar-refractivity contribution is 0.126. The molecular formula is C25H37NO4. The van der Waals surface area contributed by atoms with E-state index in [9.17, 15) is 15.3 Å². The fourth-order valence-electron chi connectivity index (χ4n) is 2.02. The number of benzene rings is 2. The van der Waals surface area contributed by atoms with Crippen LogP contribution in [0.3, 0.4) is 0 Å². The van der Waals surface area contributed by atoms with Crippen molar-refractivity contribution in [3.05, 3.63) is 65.1 Å². The molecule has 0 saturated carbocycles. The van der Waals surface area contributed by atoms with Gasteiger partial charge in [-0.1, -0.05) is 49.1 Å². The average Bonchev–Trinajstić information content (AvgIpc) is 2.94. The van der Waals surface area contributed by atoms with Crippen LogP contribution in [0.5, 0.6) is 5.75 Å². The van der Waals surface area contributed by atoms with Gasteiger partial charge < -0.3 is 25.4 Å². The lowest BCUT2D eigenvalue weighted by atomic mass is 10.1. The van der Waals surface area contributed by atoms with Crippen LogP contribution in [0.15, 0.2) is 48.5 Å². The molecule has 0 aromatic heterocycles. The van der Waals surface area contributed by atoms with Crippen molar-refractivity contribution in [2.45, 2.75) is 57.4 Å². The third kappa shape index (κ3) is 9.72. The van der Waals surface area contributed by atoms with E-state index in [0.717, 1.165) is 10.9 Å². The number of aromatic hydroxyl groups is 1. The molecule has 0 amide bonds. The molecule has 0 aliphatic rings. The third-order valence-electron chi connectivity index (χ3n) is 3.40. The molecule has 30 heavy (non-hydrogen) atoms. The van der Waals surface area contributed by atoms with Gasteiger partial charge in [0.15, 0.2) is 0 Å². The lowest BCUT2D eigenvalue weighted by Crippen LogP contribution is -2.22. The summed E-state index contributed by atoms with van der Waals surface area (Å²) in [6, 6.07) is 4.01. The molecular weight excluding hydrogens is 378 g/mol. The quantitative estimate of drug-likeness (QED) is 0.318. The Morgan fingerprint density at radius 2 is 1.87 bits per heavy atom. The summed E-state index contributed by atoms with van der Waals surface area (Å²) in [7, 11) is 0. The van der Waals surface area contributed by atoms with Gasteiger partial charge in [0.05, 0.1) is 26.3 Å². The Labute approximate surface area is 211 Å². The van der Waals surface area contributed by atoms with Crippen LogP contribution in [0.1, 0.15) is 91.3 Å². The van der Waals surface area contributed by atoms with Gasteiger partial charge in [-0.05, 0) is 61.7 Å². The van der Waals surface area contributed by atoms with Crippen molar-refractivity contribution in [1.29, 1.82) is 0 Å². The monoisotopic (exact) mass is 437 g/mol. The second-order valence-corrected chi connectivity index (χ2v) is 5.50. The van der Waals surface area contributed by atoms with E-state index in [1.54, 1.807) is 30.3 Å². The number of nitrogens with one attached hydrogen (secondary N) is 1. The van der Waals surface area contributed by atoms with E-state index >= 15 is 0 Å². The van der Waals surface area contributed by atoms with Gasteiger partial charge in [0.1, 0.15) is 5.75 Å². The topological polar surface area (TPSA) is 82.0 Å². The standard InChI is InChI=1S/C25H37NO4/c27-20-23-18-22(13-14-24(23)28)25(29)19-26-15-7-1-2-8-16-30-17-9-6-12-21-10-4-3-5-11-21/h3-5,10-11,13-14,18,25-29H,1-2,6-9,12,15-17,19-20H2/i1D2,2D2,7D2,8D2,13D,14D,15D2,16D2,17D2,18D,19D2,20D2,25D. The molecule has 2 rings (SSSR count). The first-order valence-corrected chi connectivity index (χ1v) is 8.70. The summed E-state index contributed by atoms with van der Waals surface area (Å²) in [4.78, 5) is 0. The summed E-state index contributed by atoms with van der Waals surface area (Å²) < 4.78 is 183. The number of aryl methyl sites for hydroxylation is 1. The Morgan fingerprint density at radius 3 is 2.67 bits per heavy atom. The van der Waals surface area contributed by atoms with E-state index < -0.39 is 106 Å². The number of phenols is 1. The largest absolute Gasteiger partial charge is 0.508 e. The van der Waals surface area contributed by atoms with Gasteiger partial charge >= 0.3 is 0 Å². The minimum atomic E-state index is -4.58. The lowest BCUT2D eigenvalue weighted by Gasteiger charge is -2.14. The molecule has 0 aliphatic carbocycles. The first-order valence-electron chi connectivity index (χ1n) is 19.7. The smallest absolute Gasteiger partial charge is 0.121 e. The maximum absolute atomic E-state index is 10.9. The van der Waals surface area contributed by atoms with E-state index in [4.69, 9.17) is 30.2 Å². The molecule has 0 aliphatic heterocycles. The average molecular weight is 438 g/mol. The van der Waals surface area contributed by atoms with Crippen molar-refractivity contribution in [2.75, 3.05) is 26.1 Å². The van der Waals surface area contributed by atoms with Crippen LogP contribution in [0.4, 0.5) is 0 Å². The van der Waals surface area contributed by atoms with E-state index in [1.807, 2.05) is 0 Å². The molecule has 1 unspecified atom stereocenters. The van der Waals surface area contributed by atoms with Gasteiger partial charge in [-0.25, -0.2) is 0 Å². The molecule has 0 radical (unpaired) electrons. The van der Waals surface area contributed by atoms with Crippen LogP contribution in [0.2, 0.25) is 0 Å². The third-order valence-corrected chi connectivity index (χ3v) is 3.40. The van der Waals surface area contributed by atoms with Crippen molar-refractivity contribution in [1.82, 2.24) is 5.32 Å². The molecule has 0 heterocycles. The SMILES string of the molecule is [2H]c1c([2H])c(C([2H])(O)C([2H])([2H])NC([2H])([2H])C([2H])([2H])C([2H])([2H])C([2H])([2H])C([2H])([2H])C([2H])([2H])OC([2H])([2H])CCCc2ccccc2)c([2H])c(C([2H])([2H])O)c1O. The molecule has 2 aromatic carbocycles. The predicted molar refractivity (Wildman–Crippen MR) is 121 cm³/mol. The first-order chi connectivity index (χ1) is 22.9. The molecule has 2 aromatic rings. The summed E-state index contributed by atoms with van der Waals surface area (Å²) in [5, 5.41) is 31.9. The minimum absolute atomic E-state index is 0.0215. The number of rotatable bonds is 16. The molecule has 166 valence electrons. The van der Waals surface area contributed by atoms with Crippen LogP contribution >= 0.6 is 0 Å². The van der Waals surface area contributed by atoms with E-state index in [2.05, 4.69) is 4.74 Å². The van der Waals surface area contributed by atoms with Gasteiger partial charge in [-0.2, -0.15) is 0 Å². The maximum Gasteiger partial charge on any atom is 0.121 e. The highest BCUT2D eigenvalue weighted by molar-refractivity contribution is 5.36. The predicted octanol–water partition coefficient (Wildman–Crippen LogP) is 4.11. The van der Waals surface area contributed by atoms with Gasteiger partial charge in [0.25, 0.3) is 0 Å². The van der Waals surface area contributed by atoms with Gasteiger partial charge in [-0.15, -0.1) is 0 Å². The zero-order valence-corrected chi connectivity index (χ0v) is 15.8. The van der Waals surface area contributed by atoms with Crippen LogP contribution in [0, 0.1) is 0 Å². The fourth-order valence-corrected chi connectivity index (χ4v) is 2.02. The second kappa shape index (κ2) is 15.0. The number of ether oxygens (including phenoxy) is 1. The van der Waals surface area contributed by atoms with Gasteiger partial charge in [-0.3, -0.25) is 0 Å². The molecule has 5 nitrogen and oxygen atoms in total. The molecule has 0 saturated heterocycles. The Morgan fingerprint density at radius 1 is 1.07 bits per heavy atom. The van der Waals surface area contributed by atoms with Crippen molar-refractivity contribution in [3.63, 3.8) is 0 Å². The molecule has 0 fully saturated rings. The Balaban J connectivity index is 2.52. The summed E-state index contributed by atoms with van der Waals surface area (Å²) in [5.74, 6) is -1.52. The highest BCUT2D eigenvalue weighted by Gasteiger charge is 2.09. The molecule has 5 heteroatoms. The van der Waals surface area contributed by atoms with E-state index in [0.29, 0.717) is 0 Å². The summed E-state index contributed by atoms with van der Waals surface area (Å²) in [6.07, 6.45) is -22.5. The Kier molecular flexibility index (Phi) is 3.94. The van der Waals surface area contributed by atoms with Gasteiger partial charge in [0, 0.05) is 41.6 Å². The fraction of sp³-hybridized carbons (Fsp3) is 0.520. The van der Waals surface area contributed by atoms with Gasteiger partial charge in [0.2, 0.25) is 0 Å². The highest BCUT2D eigenvalue weighted by atomic mass is 16.5. The summed E-state index contributed by atoms with van der Waals surface area (Å²) >= 11 is 0. The van der Waals surface area contributed by atoms with Crippen LogP contribution < -0.4 is 5.32 Å². The Hall–Kier alpha value is -1.92. The van der Waals surface area contributed by atoms with Crippen LogP contribution in [0.25, 0.3) is 0 Å². The number of aliphatic hydroxyl groups is 2. The van der Waals surface area contributed by atoms with E-state index in [-0.39, 0.29) is 12.8 Å². The van der Waals surface area contributed by atoms with Crippen molar-refractivity contribution < 1.29 is 50.2 Å². The zero-order chi connectivity index (χ0) is 41.1. The second-order valence-electron chi connectivity index (χ2n) is 5.50. The summed E-state index contributed by atoms with van der Waals surface area (Å²) in [5.41, 5.74) is -2.43. The van der Waals surface area contributed by atoms with Crippen LogP contribution in [-0.2, 0) is 17.7 Å². The van der Waals surface area contributed by atoms with Crippen molar-refractivity contribution in [2.24, 2.45) is 0 Å². The molecule has 4 N–H and O–H groups in total. The van der Waals surface area contributed by atoms with Crippen molar-refractivity contribution in [3.8, 4) is 5.75 Å². The van der Waals surface area contributed by atoms with Crippen LogP contribution in [-0.4, -0.2) is 41.4 Å². The highest BCUT2D eigenvalue weighted by Crippen LogP contribution is 2.22. The Bertz CT molecular complexity index is 1590. The normalized spacial score (nSPS) is 28.3. The maximum atomic E-state index is 10.9. The number of hydrogen-bond donors (Lipinski definition) is 4. The summed E-state index contributed by atoms with van der Waals surface area (Å²) in [6.45, 7) is -19.4. The minimum Gasteiger partial charge on any atom is -0.508 e. The zero-order valence-electron chi connectivity index (χ0n) is 37.8. The van der Waals surface area contributed by atoms with E-state index in [1.165, 1.54) is 0 Å². The molecule has 0 bridgehead atoms. The number of hydrogen-bond acceptors (Lipinski definition) is 5. The molecule has 1 atom stereocenters. The van der Waals surface area contributed by atoms with Crippen molar-refractivity contribution >= 4 is 0 Å². The molecule has 0 spiro atoms.